The van der Waals surface area contributed by atoms with Crippen LogP contribution in [0.4, 0.5) is 5.95 Å². The van der Waals surface area contributed by atoms with E-state index in [-0.39, 0.29) is 12.1 Å². The summed E-state index contributed by atoms with van der Waals surface area (Å²) in [6, 6.07) is 5.72. The maximum Gasteiger partial charge on any atom is 0.245 e. The van der Waals surface area contributed by atoms with E-state index in [4.69, 9.17) is 28.9 Å². The molecule has 1 aromatic heterocycles. The highest BCUT2D eigenvalue weighted by Gasteiger charge is 2.28. The number of rotatable bonds is 2. The molecule has 1 saturated heterocycles. The second-order valence-electron chi connectivity index (χ2n) is 5.32. The Kier molecular flexibility index (Phi) is 4.06. The topological polar surface area (TPSA) is 70.8 Å². The van der Waals surface area contributed by atoms with Crippen molar-refractivity contribution >= 4 is 29.2 Å². The summed E-state index contributed by atoms with van der Waals surface area (Å²) in [5.41, 5.74) is 6.80. The second kappa shape index (κ2) is 5.83. The monoisotopic (exact) mass is 325 g/mol. The van der Waals surface area contributed by atoms with E-state index in [1.165, 1.54) is 0 Å². The van der Waals surface area contributed by atoms with Crippen LogP contribution in [0.3, 0.4) is 0 Å². The van der Waals surface area contributed by atoms with Gasteiger partial charge in [0.15, 0.2) is 5.82 Å². The van der Waals surface area contributed by atoms with Crippen molar-refractivity contribution in [2.24, 2.45) is 5.73 Å². The number of hydrogen-bond donors (Lipinski definition) is 2. The molecular weight excluding hydrogens is 309 g/mol. The molecule has 0 bridgehead atoms. The summed E-state index contributed by atoms with van der Waals surface area (Å²) in [4.78, 5) is 6.67. The molecule has 0 saturated carbocycles. The fourth-order valence-electron chi connectivity index (χ4n) is 2.67. The fourth-order valence-corrected chi connectivity index (χ4v) is 3.25. The minimum Gasteiger partial charge on any atom is -0.335 e. The molecule has 1 aliphatic heterocycles. The molecule has 7 heteroatoms. The van der Waals surface area contributed by atoms with Crippen molar-refractivity contribution in [2.45, 2.75) is 31.8 Å². The second-order valence-corrected chi connectivity index (χ2v) is 6.14. The molecule has 1 aromatic carbocycles. The average molecular weight is 326 g/mol. The number of halogens is 2. The van der Waals surface area contributed by atoms with E-state index in [0.29, 0.717) is 27.4 Å². The molecular formula is C14H17Cl2N5. The molecule has 3 rings (SSSR count). The van der Waals surface area contributed by atoms with Gasteiger partial charge in [-0.1, -0.05) is 29.3 Å². The summed E-state index contributed by atoms with van der Waals surface area (Å²) in [7, 11) is 0. The molecule has 2 atom stereocenters. The van der Waals surface area contributed by atoms with Gasteiger partial charge in [0.25, 0.3) is 0 Å². The minimum atomic E-state index is 0.143. The van der Waals surface area contributed by atoms with Gasteiger partial charge < -0.3 is 10.6 Å². The van der Waals surface area contributed by atoms with Crippen LogP contribution in [0.25, 0.3) is 11.4 Å². The number of benzene rings is 1. The molecule has 0 radical (unpaired) electrons. The van der Waals surface area contributed by atoms with Crippen LogP contribution in [-0.2, 0) is 0 Å². The Morgan fingerprint density at radius 2 is 2.05 bits per heavy atom. The fraction of sp³-hybridized carbons (Fsp3) is 0.429. The predicted molar refractivity (Wildman–Crippen MR) is 85.9 cm³/mol. The molecule has 5 nitrogen and oxygen atoms in total. The Morgan fingerprint density at radius 1 is 1.33 bits per heavy atom. The third-order valence-corrected chi connectivity index (χ3v) is 4.61. The molecule has 2 unspecified atom stereocenters. The Bertz CT molecular complexity index is 622. The van der Waals surface area contributed by atoms with Crippen molar-refractivity contribution in [3.8, 4) is 11.4 Å². The zero-order chi connectivity index (χ0) is 15.0. The van der Waals surface area contributed by atoms with Crippen LogP contribution in [0.2, 0.25) is 10.0 Å². The largest absolute Gasteiger partial charge is 0.335 e. The molecule has 3 N–H and O–H groups in total. The highest BCUT2D eigenvalue weighted by atomic mass is 35.5. The van der Waals surface area contributed by atoms with Gasteiger partial charge in [-0.15, -0.1) is 5.10 Å². The lowest BCUT2D eigenvalue weighted by Crippen LogP contribution is -2.50. The summed E-state index contributed by atoms with van der Waals surface area (Å²) in [6.45, 7) is 3.00. The summed E-state index contributed by atoms with van der Waals surface area (Å²) in [5, 5.41) is 8.32. The van der Waals surface area contributed by atoms with Gasteiger partial charge in [0, 0.05) is 18.6 Å². The zero-order valence-electron chi connectivity index (χ0n) is 11.7. The molecule has 21 heavy (non-hydrogen) atoms. The average Bonchev–Trinajstić information content (AvgIpc) is 2.91. The van der Waals surface area contributed by atoms with Crippen molar-refractivity contribution in [1.82, 2.24) is 15.2 Å². The third-order valence-electron chi connectivity index (χ3n) is 3.98. The first kappa shape index (κ1) is 14.6. The maximum absolute atomic E-state index is 6.21. The van der Waals surface area contributed by atoms with Gasteiger partial charge >= 0.3 is 0 Å². The van der Waals surface area contributed by atoms with E-state index in [1.54, 1.807) is 18.2 Å². The summed E-state index contributed by atoms with van der Waals surface area (Å²) < 4.78 is 0. The first-order chi connectivity index (χ1) is 10.1. The number of nitrogens with two attached hydrogens (primary N) is 1. The smallest absolute Gasteiger partial charge is 0.245 e. The number of piperidine rings is 1. The Balaban J connectivity index is 1.93. The highest BCUT2D eigenvalue weighted by Crippen LogP contribution is 2.33. The van der Waals surface area contributed by atoms with E-state index in [1.807, 2.05) is 0 Å². The lowest BCUT2D eigenvalue weighted by atomic mass is 9.99. The van der Waals surface area contributed by atoms with Crippen LogP contribution in [0.1, 0.15) is 19.8 Å². The van der Waals surface area contributed by atoms with Crippen molar-refractivity contribution in [2.75, 3.05) is 11.4 Å². The normalized spacial score (nSPS) is 22.6. The van der Waals surface area contributed by atoms with E-state index in [2.05, 4.69) is 27.0 Å². The molecule has 2 heterocycles. The first-order valence-corrected chi connectivity index (χ1v) is 7.72. The molecule has 2 aromatic rings. The lowest BCUT2D eigenvalue weighted by Gasteiger charge is -2.36. The molecule has 0 spiro atoms. The van der Waals surface area contributed by atoms with Crippen LogP contribution in [-0.4, -0.2) is 33.8 Å². The number of aromatic nitrogens is 3. The number of H-pyrrole nitrogens is 1. The Hall–Kier alpha value is -1.30. The van der Waals surface area contributed by atoms with E-state index in [0.717, 1.165) is 19.4 Å². The third kappa shape index (κ3) is 2.73. The number of anilines is 1. The number of nitrogens with zero attached hydrogens (tertiary/aromatic N) is 3. The standard InChI is InChI=1S/C14H17Cl2N5/c1-8-11(17)6-3-7-21(8)14-18-13(19-20-14)12-9(15)4-2-5-10(12)16/h2,4-5,8,11H,3,6-7,17H2,1H3,(H,18,19,20). The summed E-state index contributed by atoms with van der Waals surface area (Å²) in [5.74, 6) is 1.22. The molecule has 1 aliphatic rings. The van der Waals surface area contributed by atoms with Crippen molar-refractivity contribution < 1.29 is 0 Å². The Morgan fingerprint density at radius 3 is 2.76 bits per heavy atom. The van der Waals surface area contributed by atoms with Gasteiger partial charge in [-0.2, -0.15) is 4.98 Å². The molecule has 1 fully saturated rings. The van der Waals surface area contributed by atoms with Crippen molar-refractivity contribution in [1.29, 1.82) is 0 Å². The highest BCUT2D eigenvalue weighted by molar-refractivity contribution is 6.38. The van der Waals surface area contributed by atoms with Crippen LogP contribution in [0.5, 0.6) is 0 Å². The Labute approximate surface area is 133 Å². The quantitative estimate of drug-likeness (QED) is 0.890. The number of nitrogens with one attached hydrogen (secondary N) is 1. The number of hydrogen-bond acceptors (Lipinski definition) is 4. The lowest BCUT2D eigenvalue weighted by molar-refractivity contribution is 0.416. The van der Waals surface area contributed by atoms with Gasteiger partial charge in [0.2, 0.25) is 5.95 Å². The predicted octanol–water partition coefficient (Wildman–Crippen LogP) is 3.09. The van der Waals surface area contributed by atoms with Gasteiger partial charge in [0.05, 0.1) is 15.6 Å². The van der Waals surface area contributed by atoms with Crippen LogP contribution >= 0.6 is 23.2 Å². The van der Waals surface area contributed by atoms with E-state index >= 15 is 0 Å². The summed E-state index contributed by atoms with van der Waals surface area (Å²) in [6.07, 6.45) is 2.08. The first-order valence-electron chi connectivity index (χ1n) is 6.97. The van der Waals surface area contributed by atoms with E-state index in [9.17, 15) is 0 Å². The van der Waals surface area contributed by atoms with Gasteiger partial charge in [0.1, 0.15) is 0 Å². The maximum atomic E-state index is 6.21. The van der Waals surface area contributed by atoms with Crippen LogP contribution in [0.15, 0.2) is 18.2 Å². The van der Waals surface area contributed by atoms with Crippen LogP contribution in [0, 0.1) is 0 Å². The molecule has 0 aliphatic carbocycles. The van der Waals surface area contributed by atoms with Crippen molar-refractivity contribution in [3.63, 3.8) is 0 Å². The summed E-state index contributed by atoms with van der Waals surface area (Å²) >= 11 is 12.4. The minimum absolute atomic E-state index is 0.143. The van der Waals surface area contributed by atoms with Crippen LogP contribution < -0.4 is 10.6 Å². The van der Waals surface area contributed by atoms with Crippen molar-refractivity contribution in [3.05, 3.63) is 28.2 Å². The molecule has 112 valence electrons. The van der Waals surface area contributed by atoms with Gasteiger partial charge in [-0.3, -0.25) is 5.10 Å². The van der Waals surface area contributed by atoms with E-state index < -0.39 is 0 Å². The number of aromatic amines is 1. The van der Waals surface area contributed by atoms with Gasteiger partial charge in [-0.25, -0.2) is 0 Å². The molecule has 0 amide bonds. The van der Waals surface area contributed by atoms with Gasteiger partial charge in [-0.05, 0) is 31.9 Å². The SMILES string of the molecule is CC1C(N)CCCN1c1n[nH]c(-c2c(Cl)cccc2Cl)n1. The zero-order valence-corrected chi connectivity index (χ0v) is 13.2.